The van der Waals surface area contributed by atoms with Gasteiger partial charge in [0.2, 0.25) is 11.6 Å². The minimum Gasteiger partial charge on any atom is -0.483 e. The monoisotopic (exact) mass is 481 g/mol. The maximum Gasteiger partial charge on any atom is 0.278 e. The van der Waals surface area contributed by atoms with Crippen LogP contribution in [-0.4, -0.2) is 74.1 Å². The summed E-state index contributed by atoms with van der Waals surface area (Å²) < 4.78 is 12.9. The Bertz CT molecular complexity index is 1240. The average molecular weight is 482 g/mol. The Morgan fingerprint density at radius 3 is 2.71 bits per heavy atom. The average Bonchev–Trinajstić information content (AvgIpc) is 3.45. The van der Waals surface area contributed by atoms with E-state index in [9.17, 15) is 19.8 Å². The van der Waals surface area contributed by atoms with Crippen LogP contribution in [0.2, 0.25) is 0 Å². The van der Waals surface area contributed by atoms with Crippen LogP contribution in [0.1, 0.15) is 58.1 Å². The molecule has 6 aliphatic heterocycles. The topological polar surface area (TPSA) is 112 Å². The first-order chi connectivity index (χ1) is 16.4. The maximum absolute atomic E-state index is 14.1. The van der Waals surface area contributed by atoms with Crippen molar-refractivity contribution in [2.24, 2.45) is 5.41 Å². The number of ether oxygens (including phenoxy) is 2. The number of rotatable bonds is 1. The summed E-state index contributed by atoms with van der Waals surface area (Å²) in [6.45, 7) is 8.03. The Kier molecular flexibility index (Phi) is 3.72. The minimum atomic E-state index is -1.85. The van der Waals surface area contributed by atoms with Crippen molar-refractivity contribution in [2.45, 2.75) is 81.7 Å². The van der Waals surface area contributed by atoms with Crippen LogP contribution in [-0.2, 0) is 19.9 Å². The van der Waals surface area contributed by atoms with E-state index >= 15 is 0 Å². The quantitative estimate of drug-likeness (QED) is 0.558. The van der Waals surface area contributed by atoms with Gasteiger partial charge in [-0.05, 0) is 38.5 Å². The summed E-state index contributed by atoms with van der Waals surface area (Å²) in [4.78, 5) is 30.7. The number of carbonyl (C=O) groups excluding carboxylic acids is 2. The number of nitrogens with zero attached hydrogens (tertiary/aromatic N) is 2. The Morgan fingerprint density at radius 2 is 1.97 bits per heavy atom. The number of nitrogens with one attached hydrogen (secondary N) is 1. The molecular formula is C26H31N3O6. The highest BCUT2D eigenvalue weighted by molar-refractivity contribution is 6.02. The van der Waals surface area contributed by atoms with E-state index in [-0.39, 0.29) is 25.4 Å². The zero-order valence-corrected chi connectivity index (χ0v) is 20.4. The molecule has 6 aliphatic rings. The molecule has 0 saturated carbocycles. The number of benzene rings is 1. The van der Waals surface area contributed by atoms with E-state index in [2.05, 4.69) is 5.32 Å². The molecule has 0 bridgehead atoms. The molecule has 5 unspecified atom stereocenters. The molecular weight excluding hydrogens is 450 g/mol. The molecule has 3 N–H and O–H groups in total. The third kappa shape index (κ3) is 2.11. The lowest BCUT2D eigenvalue weighted by molar-refractivity contribution is -0.199. The first-order valence-corrected chi connectivity index (χ1v) is 12.4. The fourth-order valence-electron chi connectivity index (χ4n) is 7.77. The van der Waals surface area contributed by atoms with E-state index in [4.69, 9.17) is 9.47 Å². The third-order valence-corrected chi connectivity index (χ3v) is 9.42. The van der Waals surface area contributed by atoms with Crippen molar-refractivity contribution in [1.82, 2.24) is 9.80 Å². The number of aliphatic hydroxyl groups excluding tert-OH is 1. The number of carbonyl (C=O) groups is 2. The number of anilines is 1. The van der Waals surface area contributed by atoms with Gasteiger partial charge in [-0.1, -0.05) is 19.9 Å². The van der Waals surface area contributed by atoms with Gasteiger partial charge in [-0.2, -0.15) is 0 Å². The van der Waals surface area contributed by atoms with Gasteiger partial charge in [0, 0.05) is 35.9 Å². The van der Waals surface area contributed by atoms with Crippen LogP contribution >= 0.6 is 0 Å². The highest BCUT2D eigenvalue weighted by Gasteiger charge is 2.84. The van der Waals surface area contributed by atoms with Crippen molar-refractivity contribution in [3.8, 4) is 5.75 Å². The van der Waals surface area contributed by atoms with Crippen LogP contribution < -0.4 is 10.1 Å². The molecule has 2 amide bonds. The molecule has 4 fully saturated rings. The SMILES string of the molecule is CC1(C)C=Cc2c(ccc3c2NC24N5C(=O)C6(O)CCCN6C(=O)C5CC32OC(CO)C4(C)C)O1. The van der Waals surface area contributed by atoms with Crippen molar-refractivity contribution < 1.29 is 29.3 Å². The van der Waals surface area contributed by atoms with Crippen molar-refractivity contribution in [1.29, 1.82) is 0 Å². The third-order valence-electron chi connectivity index (χ3n) is 9.42. The van der Waals surface area contributed by atoms with Crippen molar-refractivity contribution >= 4 is 23.6 Å². The van der Waals surface area contributed by atoms with E-state index in [0.29, 0.717) is 13.0 Å². The highest BCUT2D eigenvalue weighted by Crippen LogP contribution is 2.71. The molecule has 9 heteroatoms. The maximum atomic E-state index is 14.1. The van der Waals surface area contributed by atoms with E-state index in [1.807, 2.05) is 52.0 Å². The van der Waals surface area contributed by atoms with E-state index in [0.717, 1.165) is 22.6 Å². The summed E-state index contributed by atoms with van der Waals surface area (Å²) in [6, 6.07) is 3.11. The number of piperazine rings is 1. The molecule has 9 nitrogen and oxygen atoms in total. The smallest absolute Gasteiger partial charge is 0.278 e. The van der Waals surface area contributed by atoms with Crippen LogP contribution in [0.15, 0.2) is 18.2 Å². The van der Waals surface area contributed by atoms with Crippen LogP contribution in [0.5, 0.6) is 5.75 Å². The van der Waals surface area contributed by atoms with Gasteiger partial charge in [-0.15, -0.1) is 0 Å². The first kappa shape index (κ1) is 21.6. The minimum absolute atomic E-state index is 0.211. The van der Waals surface area contributed by atoms with E-state index in [1.165, 1.54) is 4.90 Å². The number of hydrogen-bond donors (Lipinski definition) is 3. The summed E-state index contributed by atoms with van der Waals surface area (Å²) in [5, 5.41) is 25.4. The molecule has 0 aromatic heterocycles. The molecule has 186 valence electrons. The second kappa shape index (κ2) is 6.02. The van der Waals surface area contributed by atoms with E-state index < -0.39 is 46.1 Å². The van der Waals surface area contributed by atoms with Gasteiger partial charge in [-0.25, -0.2) is 0 Å². The second-order valence-corrected chi connectivity index (χ2v) is 11.9. The second-order valence-electron chi connectivity index (χ2n) is 11.9. The molecule has 0 aliphatic carbocycles. The van der Waals surface area contributed by atoms with Gasteiger partial charge in [0.1, 0.15) is 23.0 Å². The summed E-state index contributed by atoms with van der Waals surface area (Å²) in [7, 11) is 0. The fraction of sp³-hybridized carbons (Fsp3) is 0.615. The van der Waals surface area contributed by atoms with Crippen molar-refractivity contribution in [3.05, 3.63) is 29.3 Å². The number of aliphatic hydroxyl groups is 2. The van der Waals surface area contributed by atoms with Crippen LogP contribution in [0.3, 0.4) is 0 Å². The lowest BCUT2D eigenvalue weighted by atomic mass is 9.69. The lowest BCUT2D eigenvalue weighted by Gasteiger charge is -2.53. The summed E-state index contributed by atoms with van der Waals surface area (Å²) in [6.07, 6.45) is 4.48. The highest BCUT2D eigenvalue weighted by atomic mass is 16.5. The van der Waals surface area contributed by atoms with Crippen molar-refractivity contribution in [2.75, 3.05) is 18.5 Å². The lowest BCUT2D eigenvalue weighted by Crippen LogP contribution is -2.75. The van der Waals surface area contributed by atoms with Gasteiger partial charge in [0.25, 0.3) is 5.91 Å². The summed E-state index contributed by atoms with van der Waals surface area (Å²) >= 11 is 0. The summed E-state index contributed by atoms with van der Waals surface area (Å²) in [5.74, 6) is 0.00836. The first-order valence-electron chi connectivity index (χ1n) is 12.4. The Hall–Kier alpha value is -2.62. The number of hydrogen-bond acceptors (Lipinski definition) is 7. The van der Waals surface area contributed by atoms with Gasteiger partial charge < -0.3 is 29.9 Å². The normalized spacial score (nSPS) is 41.0. The molecule has 6 heterocycles. The molecule has 1 aromatic rings. The van der Waals surface area contributed by atoms with E-state index in [1.54, 1.807) is 4.90 Å². The Labute approximate surface area is 203 Å². The van der Waals surface area contributed by atoms with Gasteiger partial charge in [-0.3, -0.25) is 14.5 Å². The van der Waals surface area contributed by atoms with Crippen LogP contribution in [0, 0.1) is 5.41 Å². The zero-order chi connectivity index (χ0) is 24.8. The molecule has 5 atom stereocenters. The van der Waals surface area contributed by atoms with Crippen LogP contribution in [0.4, 0.5) is 5.69 Å². The van der Waals surface area contributed by atoms with Crippen LogP contribution in [0.25, 0.3) is 6.08 Å². The predicted molar refractivity (Wildman–Crippen MR) is 125 cm³/mol. The Morgan fingerprint density at radius 1 is 1.20 bits per heavy atom. The zero-order valence-electron chi connectivity index (χ0n) is 20.4. The van der Waals surface area contributed by atoms with Gasteiger partial charge in [0.05, 0.1) is 18.4 Å². The Balaban J connectivity index is 1.48. The summed E-state index contributed by atoms with van der Waals surface area (Å²) in [5.41, 5.74) is -2.83. The number of amides is 2. The van der Waals surface area contributed by atoms with Gasteiger partial charge >= 0.3 is 0 Å². The molecule has 0 radical (unpaired) electrons. The standard InChI is InChI=1S/C26H31N3O6/c1-22(2)10-8-14-17(34-22)7-6-15-19(14)27-26-23(3,4)18(13-30)35-24(15,26)12-16-20(31)28-11-5-9-25(28,33)21(32)29(16)26/h6-8,10,16,18,27,30,33H,5,9,11-13H2,1-4H3. The molecule has 0 spiro atoms. The molecule has 35 heavy (non-hydrogen) atoms. The number of fused-ring (bicyclic) bond motifs is 5. The van der Waals surface area contributed by atoms with Gasteiger partial charge in [0.15, 0.2) is 5.66 Å². The predicted octanol–water partition coefficient (Wildman–Crippen LogP) is 1.53. The fourth-order valence-corrected chi connectivity index (χ4v) is 7.77. The molecule has 1 aromatic carbocycles. The molecule has 7 rings (SSSR count). The molecule has 4 saturated heterocycles. The van der Waals surface area contributed by atoms with Crippen molar-refractivity contribution in [3.63, 3.8) is 0 Å². The largest absolute Gasteiger partial charge is 0.483 e.